The summed E-state index contributed by atoms with van der Waals surface area (Å²) in [5.74, 6) is -0.860. The molecule has 0 atom stereocenters. The lowest BCUT2D eigenvalue weighted by Crippen LogP contribution is -2.20. The number of hydrogen-bond donors (Lipinski definition) is 3. The van der Waals surface area contributed by atoms with Crippen LogP contribution in [0.4, 0.5) is 5.95 Å². The zero-order chi connectivity index (χ0) is 15.1. The van der Waals surface area contributed by atoms with Gasteiger partial charge in [0, 0.05) is 0 Å². The molecule has 1 heterocycles. The summed E-state index contributed by atoms with van der Waals surface area (Å²) < 4.78 is 26.4. The van der Waals surface area contributed by atoms with Gasteiger partial charge in [0.25, 0.3) is 10.0 Å². The molecule has 0 bridgehead atoms. The van der Waals surface area contributed by atoms with Gasteiger partial charge in [-0.1, -0.05) is 12.1 Å². The van der Waals surface area contributed by atoms with E-state index in [1.807, 2.05) is 0 Å². The lowest BCUT2D eigenvalue weighted by atomic mass is 9.96. The highest BCUT2D eigenvalue weighted by Crippen LogP contribution is 2.48. The van der Waals surface area contributed by atoms with E-state index in [2.05, 4.69) is 19.9 Å². The van der Waals surface area contributed by atoms with Crippen LogP contribution >= 0.6 is 0 Å². The average molecular weight is 308 g/mol. The number of sulfonamides is 1. The van der Waals surface area contributed by atoms with Crippen molar-refractivity contribution in [2.24, 2.45) is 0 Å². The fraction of sp³-hybridized carbons (Fsp3) is 0.250. The summed E-state index contributed by atoms with van der Waals surface area (Å²) in [6.45, 7) is 0. The van der Waals surface area contributed by atoms with Crippen molar-refractivity contribution in [1.29, 1.82) is 0 Å². The number of H-pyrrole nitrogens is 1. The van der Waals surface area contributed by atoms with E-state index in [1.165, 1.54) is 30.6 Å². The van der Waals surface area contributed by atoms with Crippen LogP contribution in [0, 0.1) is 0 Å². The second kappa shape index (κ2) is 4.55. The largest absolute Gasteiger partial charge is 0.481 e. The normalized spacial score (nSPS) is 16.4. The highest BCUT2D eigenvalue weighted by molar-refractivity contribution is 7.92. The van der Waals surface area contributed by atoms with Crippen LogP contribution < -0.4 is 4.72 Å². The zero-order valence-electron chi connectivity index (χ0n) is 10.8. The minimum atomic E-state index is -3.78. The van der Waals surface area contributed by atoms with Gasteiger partial charge in [-0.2, -0.15) is 10.1 Å². The third kappa shape index (κ3) is 2.35. The molecule has 2 aromatic rings. The first-order valence-corrected chi connectivity index (χ1v) is 7.64. The Labute approximate surface area is 120 Å². The summed E-state index contributed by atoms with van der Waals surface area (Å²) in [6.07, 6.45) is 2.33. The number of carboxylic acids is 1. The molecule has 1 aromatic carbocycles. The number of benzene rings is 1. The number of carbonyl (C=O) groups is 1. The van der Waals surface area contributed by atoms with Crippen molar-refractivity contribution in [1.82, 2.24) is 15.2 Å². The van der Waals surface area contributed by atoms with Crippen molar-refractivity contribution in [2.45, 2.75) is 23.2 Å². The number of anilines is 1. The molecule has 1 aromatic heterocycles. The molecule has 1 aliphatic rings. The monoisotopic (exact) mass is 308 g/mol. The van der Waals surface area contributed by atoms with E-state index >= 15 is 0 Å². The lowest BCUT2D eigenvalue weighted by molar-refractivity contribution is -0.140. The van der Waals surface area contributed by atoms with Crippen LogP contribution in [0.3, 0.4) is 0 Å². The number of aromatic amines is 1. The van der Waals surface area contributed by atoms with Crippen LogP contribution in [-0.2, 0) is 20.2 Å². The SMILES string of the molecule is O=C(O)C1(c2ccc(S(=O)(=O)Nc3ncn[nH]3)cc2)CC1. The predicted molar refractivity (Wildman–Crippen MR) is 72.2 cm³/mol. The van der Waals surface area contributed by atoms with Crippen molar-refractivity contribution < 1.29 is 18.3 Å². The molecule has 110 valence electrons. The molecule has 0 amide bonds. The summed E-state index contributed by atoms with van der Waals surface area (Å²) in [4.78, 5) is 14.9. The smallest absolute Gasteiger partial charge is 0.314 e. The summed E-state index contributed by atoms with van der Waals surface area (Å²) in [7, 11) is -3.78. The highest BCUT2D eigenvalue weighted by atomic mass is 32.2. The van der Waals surface area contributed by atoms with Gasteiger partial charge in [-0.05, 0) is 30.5 Å². The first-order valence-electron chi connectivity index (χ1n) is 6.16. The minimum Gasteiger partial charge on any atom is -0.481 e. The van der Waals surface area contributed by atoms with Crippen molar-refractivity contribution in [2.75, 3.05) is 4.72 Å². The summed E-state index contributed by atoms with van der Waals surface area (Å²) in [6, 6.07) is 5.85. The Hall–Kier alpha value is -2.42. The molecule has 3 rings (SSSR count). The molecule has 0 spiro atoms. The maximum Gasteiger partial charge on any atom is 0.314 e. The molecule has 1 saturated carbocycles. The molecule has 8 nitrogen and oxygen atoms in total. The van der Waals surface area contributed by atoms with Gasteiger partial charge < -0.3 is 5.11 Å². The second-order valence-electron chi connectivity index (χ2n) is 4.85. The van der Waals surface area contributed by atoms with Gasteiger partial charge in [0.15, 0.2) is 0 Å². The number of nitrogens with one attached hydrogen (secondary N) is 2. The van der Waals surface area contributed by atoms with E-state index in [0.717, 1.165) is 0 Å². The fourth-order valence-corrected chi connectivity index (χ4v) is 3.11. The molecule has 0 radical (unpaired) electrons. The lowest BCUT2D eigenvalue weighted by Gasteiger charge is -2.11. The zero-order valence-corrected chi connectivity index (χ0v) is 11.6. The van der Waals surface area contributed by atoms with Crippen LogP contribution in [-0.4, -0.2) is 34.7 Å². The highest BCUT2D eigenvalue weighted by Gasteiger charge is 2.51. The molecule has 1 aliphatic carbocycles. The Morgan fingerprint density at radius 1 is 1.29 bits per heavy atom. The molecular weight excluding hydrogens is 296 g/mol. The topological polar surface area (TPSA) is 125 Å². The minimum absolute atomic E-state index is 0.0169. The summed E-state index contributed by atoms with van der Waals surface area (Å²) in [5.41, 5.74) is -0.227. The maximum absolute atomic E-state index is 12.1. The quantitative estimate of drug-likeness (QED) is 0.747. The van der Waals surface area contributed by atoms with E-state index < -0.39 is 21.4 Å². The summed E-state index contributed by atoms with van der Waals surface area (Å²) in [5, 5.41) is 15.1. The van der Waals surface area contributed by atoms with E-state index in [4.69, 9.17) is 0 Å². The van der Waals surface area contributed by atoms with E-state index in [-0.39, 0.29) is 10.8 Å². The van der Waals surface area contributed by atoms with Crippen LogP contribution in [0.25, 0.3) is 0 Å². The van der Waals surface area contributed by atoms with E-state index in [1.54, 1.807) is 0 Å². The van der Waals surface area contributed by atoms with Gasteiger partial charge in [-0.15, -0.1) is 0 Å². The third-order valence-corrected chi connectivity index (χ3v) is 4.88. The van der Waals surface area contributed by atoms with E-state index in [0.29, 0.717) is 18.4 Å². The molecule has 3 N–H and O–H groups in total. The third-order valence-electron chi connectivity index (χ3n) is 3.52. The molecule has 21 heavy (non-hydrogen) atoms. The van der Waals surface area contributed by atoms with Gasteiger partial charge in [0.2, 0.25) is 5.95 Å². The Kier molecular flexibility index (Phi) is 2.94. The number of nitrogens with zero attached hydrogens (tertiary/aromatic N) is 2. The molecule has 0 unspecified atom stereocenters. The van der Waals surface area contributed by atoms with Crippen molar-refractivity contribution in [3.63, 3.8) is 0 Å². The van der Waals surface area contributed by atoms with Crippen LogP contribution in [0.5, 0.6) is 0 Å². The Morgan fingerprint density at radius 2 is 1.95 bits per heavy atom. The average Bonchev–Trinajstić information content (AvgIpc) is 3.12. The predicted octanol–water partition coefficient (Wildman–Crippen LogP) is 0.722. The van der Waals surface area contributed by atoms with Crippen LogP contribution in [0.2, 0.25) is 0 Å². The molecule has 0 aliphatic heterocycles. The fourth-order valence-electron chi connectivity index (χ4n) is 2.14. The van der Waals surface area contributed by atoms with Crippen molar-refractivity contribution in [3.05, 3.63) is 36.2 Å². The Bertz CT molecular complexity index is 764. The van der Waals surface area contributed by atoms with Gasteiger partial charge in [-0.25, -0.2) is 18.2 Å². The standard InChI is InChI=1S/C12H12N4O4S/c17-10(18)12(5-6-12)8-1-3-9(4-2-8)21(19,20)16-11-13-7-14-15-11/h1-4,7H,5-6H2,(H,17,18)(H2,13,14,15,16). The number of aliphatic carboxylic acids is 1. The van der Waals surface area contributed by atoms with Crippen molar-refractivity contribution >= 4 is 21.9 Å². The number of rotatable bonds is 5. The van der Waals surface area contributed by atoms with Gasteiger partial charge >= 0.3 is 5.97 Å². The Morgan fingerprint density at radius 3 is 2.43 bits per heavy atom. The van der Waals surface area contributed by atoms with Crippen molar-refractivity contribution in [3.8, 4) is 0 Å². The first-order chi connectivity index (χ1) is 9.94. The number of carboxylic acid groups (broad SMARTS) is 1. The van der Waals surface area contributed by atoms with Crippen LogP contribution in [0.1, 0.15) is 18.4 Å². The van der Waals surface area contributed by atoms with Gasteiger partial charge in [0.05, 0.1) is 10.3 Å². The summed E-state index contributed by atoms with van der Waals surface area (Å²) >= 11 is 0. The molecule has 9 heteroatoms. The molecular formula is C12H12N4O4S. The molecule has 1 fully saturated rings. The Balaban J connectivity index is 1.86. The first kappa shape index (κ1) is 13.6. The maximum atomic E-state index is 12.1. The molecule has 0 saturated heterocycles. The number of hydrogen-bond acceptors (Lipinski definition) is 5. The van der Waals surface area contributed by atoms with Crippen LogP contribution in [0.15, 0.2) is 35.5 Å². The van der Waals surface area contributed by atoms with Gasteiger partial charge in [-0.3, -0.25) is 4.79 Å². The second-order valence-corrected chi connectivity index (χ2v) is 6.53. The van der Waals surface area contributed by atoms with Gasteiger partial charge in [0.1, 0.15) is 6.33 Å². The van der Waals surface area contributed by atoms with E-state index in [9.17, 15) is 18.3 Å². The number of aromatic nitrogens is 3.